The number of carbonyl (C=O) groups excluding carboxylic acids is 3. The smallest absolute Gasteiger partial charge is 0.321 e. The van der Waals surface area contributed by atoms with Crippen LogP contribution >= 0.6 is 0 Å². The lowest BCUT2D eigenvalue weighted by Gasteiger charge is -2.32. The number of hydrogen-bond donors (Lipinski definition) is 2. The van der Waals surface area contributed by atoms with Gasteiger partial charge in [0.25, 0.3) is 0 Å². The number of carbonyl (C=O) groups is 4. The minimum Gasteiger partial charge on any atom is -0.480 e. The number of benzene rings is 1. The van der Waals surface area contributed by atoms with Crippen LogP contribution in [0.1, 0.15) is 99.5 Å². The second-order valence-corrected chi connectivity index (χ2v) is 11.9. The Morgan fingerprint density at radius 3 is 1.75 bits per heavy atom. The fourth-order valence-corrected chi connectivity index (χ4v) is 4.01. The van der Waals surface area contributed by atoms with E-state index in [4.69, 9.17) is 19.9 Å². The second kappa shape index (κ2) is 16.4. The molecule has 9 nitrogen and oxygen atoms in total. The van der Waals surface area contributed by atoms with Crippen LogP contribution in [0, 0.1) is 29.6 Å². The molecule has 4 unspecified atom stereocenters. The molecular formula is C31H49NO8. The third-order valence-corrected chi connectivity index (χ3v) is 7.30. The van der Waals surface area contributed by atoms with Crippen LogP contribution in [0.15, 0.2) is 18.2 Å². The van der Waals surface area contributed by atoms with Crippen LogP contribution in [-0.4, -0.2) is 41.1 Å². The largest absolute Gasteiger partial charge is 0.480 e. The molecule has 40 heavy (non-hydrogen) atoms. The van der Waals surface area contributed by atoms with Crippen molar-refractivity contribution in [1.29, 1.82) is 0 Å². The zero-order valence-electron chi connectivity index (χ0n) is 25.6. The third kappa shape index (κ3) is 11.3. The van der Waals surface area contributed by atoms with E-state index in [-0.39, 0.29) is 48.1 Å². The first-order valence-electron chi connectivity index (χ1n) is 14.3. The number of nitrogens with two attached hydrogens (primary N) is 1. The molecule has 1 aromatic carbocycles. The Morgan fingerprint density at radius 2 is 1.30 bits per heavy atom. The molecule has 0 heterocycles. The maximum Gasteiger partial charge on any atom is 0.321 e. The van der Waals surface area contributed by atoms with Gasteiger partial charge in [0, 0.05) is 24.7 Å². The lowest BCUT2D eigenvalue weighted by Crippen LogP contribution is -2.43. The van der Waals surface area contributed by atoms with Gasteiger partial charge in [0.1, 0.15) is 12.1 Å². The normalized spacial score (nSPS) is 15.3. The Kier molecular flexibility index (Phi) is 14.3. The van der Waals surface area contributed by atoms with Gasteiger partial charge in [-0.2, -0.15) is 0 Å². The summed E-state index contributed by atoms with van der Waals surface area (Å²) < 4.78 is 16.9. The van der Waals surface area contributed by atoms with E-state index in [1.54, 1.807) is 26.8 Å². The summed E-state index contributed by atoms with van der Waals surface area (Å²) in [7, 11) is 0. The van der Waals surface area contributed by atoms with Crippen molar-refractivity contribution in [2.24, 2.45) is 35.3 Å². The van der Waals surface area contributed by atoms with E-state index in [0.29, 0.717) is 24.3 Å². The van der Waals surface area contributed by atoms with Crippen LogP contribution in [-0.2, 0) is 23.9 Å². The molecule has 0 aliphatic heterocycles. The van der Waals surface area contributed by atoms with E-state index in [2.05, 4.69) is 0 Å². The fourth-order valence-electron chi connectivity index (χ4n) is 4.01. The predicted molar refractivity (Wildman–Crippen MR) is 153 cm³/mol. The molecule has 1 rings (SSSR count). The van der Waals surface area contributed by atoms with Gasteiger partial charge in [0.15, 0.2) is 11.5 Å². The number of hydrogen-bond acceptors (Lipinski definition) is 8. The maximum atomic E-state index is 12.6. The average Bonchev–Trinajstić information content (AvgIpc) is 2.86. The van der Waals surface area contributed by atoms with Crippen molar-refractivity contribution in [2.75, 3.05) is 0 Å². The monoisotopic (exact) mass is 563 g/mol. The number of aliphatic carboxylic acids is 1. The van der Waals surface area contributed by atoms with Crippen molar-refractivity contribution in [3.05, 3.63) is 23.8 Å². The van der Waals surface area contributed by atoms with Gasteiger partial charge in [-0.15, -0.1) is 0 Å². The third-order valence-electron chi connectivity index (χ3n) is 7.30. The van der Waals surface area contributed by atoms with Crippen molar-refractivity contribution < 1.29 is 38.5 Å². The molecule has 0 saturated carbocycles. The molecule has 1 aromatic rings. The molecule has 0 amide bonds. The van der Waals surface area contributed by atoms with Crippen molar-refractivity contribution >= 4 is 23.9 Å². The van der Waals surface area contributed by atoms with Crippen molar-refractivity contribution in [3.8, 4) is 11.5 Å². The molecule has 9 heteroatoms. The summed E-state index contributed by atoms with van der Waals surface area (Å²) in [6.07, 6.45) is 0.956. The predicted octanol–water partition coefficient (Wildman–Crippen LogP) is 5.73. The lowest BCUT2D eigenvalue weighted by molar-refractivity contribution is -0.157. The van der Waals surface area contributed by atoms with Crippen molar-refractivity contribution in [3.63, 3.8) is 0 Å². The Hall–Kier alpha value is -2.94. The zero-order valence-corrected chi connectivity index (χ0v) is 25.6. The molecule has 0 aromatic heterocycles. The van der Waals surface area contributed by atoms with Crippen LogP contribution in [0.25, 0.3) is 0 Å². The van der Waals surface area contributed by atoms with Crippen molar-refractivity contribution in [1.82, 2.24) is 0 Å². The highest BCUT2D eigenvalue weighted by Gasteiger charge is 2.36. The van der Waals surface area contributed by atoms with Gasteiger partial charge in [-0.25, -0.2) is 0 Å². The molecule has 0 spiro atoms. The molecule has 226 valence electrons. The average molecular weight is 564 g/mol. The highest BCUT2D eigenvalue weighted by atomic mass is 16.6. The summed E-state index contributed by atoms with van der Waals surface area (Å²) in [5, 5.41) is 9.81. The number of carboxylic acid groups (broad SMARTS) is 1. The summed E-state index contributed by atoms with van der Waals surface area (Å²) in [5.41, 5.74) is 6.61. The summed E-state index contributed by atoms with van der Waals surface area (Å²) in [6, 6.07) is 3.24. The van der Waals surface area contributed by atoms with Crippen LogP contribution in [0.3, 0.4) is 0 Å². The summed E-state index contributed by atoms with van der Waals surface area (Å²) in [5.74, 6) is -3.48. The van der Waals surface area contributed by atoms with E-state index >= 15 is 0 Å². The van der Waals surface area contributed by atoms with Gasteiger partial charge in [-0.05, 0) is 55.2 Å². The topological polar surface area (TPSA) is 142 Å². The zero-order chi connectivity index (χ0) is 30.7. The number of esters is 3. The molecule has 0 aliphatic rings. The Bertz CT molecular complexity index is 1000. The molecule has 0 radical (unpaired) electrons. The van der Waals surface area contributed by atoms with Crippen LogP contribution in [0.4, 0.5) is 0 Å². The van der Waals surface area contributed by atoms with Crippen LogP contribution in [0.2, 0.25) is 0 Å². The first kappa shape index (κ1) is 35.1. The maximum absolute atomic E-state index is 12.6. The van der Waals surface area contributed by atoms with E-state index in [1.807, 2.05) is 41.5 Å². The highest BCUT2D eigenvalue weighted by Crippen LogP contribution is 2.37. The summed E-state index contributed by atoms with van der Waals surface area (Å²) in [4.78, 5) is 49.8. The van der Waals surface area contributed by atoms with E-state index in [0.717, 1.165) is 0 Å². The van der Waals surface area contributed by atoms with Gasteiger partial charge in [0.2, 0.25) is 0 Å². The van der Waals surface area contributed by atoms with E-state index in [1.165, 1.54) is 12.1 Å². The van der Waals surface area contributed by atoms with E-state index < -0.39 is 41.9 Å². The number of ether oxygens (including phenoxy) is 3. The standard InChI is InChI=1S/C31H49NO8/c1-17(2)10-14-26(33)39-24-13-12-23(16-25(24)40-27(34)15-11-18(3)4)28(29(32)30(35)36)21(8)22(9)38-31(37)20(7)19(5)6/h12-13,16-22,28-29H,10-11,14-15,32H2,1-9H3,(H,35,36)/t20?,21?,22?,28?,29-/m0/s1. The minimum absolute atomic E-state index is 0.0111. The Morgan fingerprint density at radius 1 is 0.800 bits per heavy atom. The van der Waals surface area contributed by atoms with Crippen LogP contribution in [0.5, 0.6) is 11.5 Å². The Labute approximate surface area is 239 Å². The fraction of sp³-hybridized carbons (Fsp3) is 0.677. The van der Waals surface area contributed by atoms with Crippen LogP contribution < -0.4 is 15.2 Å². The second-order valence-electron chi connectivity index (χ2n) is 11.9. The molecular weight excluding hydrogens is 514 g/mol. The van der Waals surface area contributed by atoms with Gasteiger partial charge in [0.05, 0.1) is 5.92 Å². The summed E-state index contributed by atoms with van der Waals surface area (Å²) in [6.45, 7) is 17.1. The van der Waals surface area contributed by atoms with Gasteiger partial charge in [-0.1, -0.05) is 61.5 Å². The van der Waals surface area contributed by atoms with Gasteiger partial charge in [-0.3, -0.25) is 19.2 Å². The van der Waals surface area contributed by atoms with Gasteiger partial charge >= 0.3 is 23.9 Å². The quantitative estimate of drug-likeness (QED) is 0.190. The molecule has 0 fully saturated rings. The minimum atomic E-state index is -1.34. The van der Waals surface area contributed by atoms with Crippen molar-refractivity contribution in [2.45, 2.75) is 106 Å². The molecule has 3 N–H and O–H groups in total. The highest BCUT2D eigenvalue weighted by molar-refractivity contribution is 5.77. The molecule has 0 bridgehead atoms. The Balaban J connectivity index is 3.43. The van der Waals surface area contributed by atoms with Gasteiger partial charge < -0.3 is 25.1 Å². The summed E-state index contributed by atoms with van der Waals surface area (Å²) >= 11 is 0. The molecule has 5 atom stereocenters. The molecule has 0 aliphatic carbocycles. The first-order chi connectivity index (χ1) is 18.5. The number of rotatable bonds is 16. The SMILES string of the molecule is CC(C)CCC(=O)Oc1ccc(C(C(C)C(C)OC(=O)C(C)C(C)C)[C@H](N)C(=O)O)cc1OC(=O)CCC(C)C. The van der Waals surface area contributed by atoms with E-state index in [9.17, 15) is 24.3 Å². The number of carboxylic acids is 1. The first-order valence-corrected chi connectivity index (χ1v) is 14.3. The molecule has 0 saturated heterocycles. The lowest BCUT2D eigenvalue weighted by atomic mass is 9.79.